The summed E-state index contributed by atoms with van der Waals surface area (Å²) in [7, 11) is 0. The number of aliphatic hydroxyl groups excluding tert-OH is 1. The minimum atomic E-state index is -0.821. The van der Waals surface area contributed by atoms with Gasteiger partial charge in [0.25, 0.3) is 5.95 Å². The zero-order valence-electron chi connectivity index (χ0n) is 11.4. The lowest BCUT2D eigenvalue weighted by Gasteiger charge is -2.08. The van der Waals surface area contributed by atoms with Crippen LogP contribution in [-0.2, 0) is 4.79 Å². The monoisotopic (exact) mass is 257 g/mol. The number of hydrogen-bond acceptors (Lipinski definition) is 3. The van der Waals surface area contributed by atoms with Gasteiger partial charge in [-0.05, 0) is 6.42 Å². The van der Waals surface area contributed by atoms with E-state index in [0.717, 1.165) is 18.9 Å². The summed E-state index contributed by atoms with van der Waals surface area (Å²) in [6.07, 6.45) is 11.2. The lowest BCUT2D eigenvalue weighted by molar-refractivity contribution is -0.120. The second-order valence-corrected chi connectivity index (χ2v) is 4.80. The summed E-state index contributed by atoms with van der Waals surface area (Å²) in [6.45, 7) is 2.20. The highest BCUT2D eigenvalue weighted by molar-refractivity contribution is 5.78. The third-order valence-corrected chi connectivity index (χ3v) is 3.08. The molecule has 0 fully saturated rings. The summed E-state index contributed by atoms with van der Waals surface area (Å²) >= 11 is 0. The molecule has 0 aromatic carbocycles. The first-order chi connectivity index (χ1) is 8.57. The van der Waals surface area contributed by atoms with Crippen LogP contribution < -0.4 is 5.73 Å². The van der Waals surface area contributed by atoms with E-state index < -0.39 is 17.8 Å². The Bertz CT molecular complexity index is 247. The minimum absolute atomic E-state index is 0.501. The standard InChI is InChI=1S/C14H27NO3/c1-2-3-4-5-6-7-8-9-10-12(14(15)18)11-13(16)17/h11-12,16-17H,2-10H2,1H3,(H2,15,18). The SMILES string of the molecule is CCCCCCCCCCC(C=C(O)O)C(N)=O. The van der Waals surface area contributed by atoms with E-state index in [1.165, 1.54) is 38.5 Å². The quantitative estimate of drug-likeness (QED) is 0.391. The van der Waals surface area contributed by atoms with Gasteiger partial charge in [-0.2, -0.15) is 0 Å². The van der Waals surface area contributed by atoms with Crippen LogP contribution in [0, 0.1) is 5.92 Å². The smallest absolute Gasteiger partial charge is 0.270 e. The van der Waals surface area contributed by atoms with Crippen molar-refractivity contribution in [3.8, 4) is 0 Å². The van der Waals surface area contributed by atoms with Crippen LogP contribution in [0.25, 0.3) is 0 Å². The zero-order chi connectivity index (χ0) is 13.8. The Balaban J connectivity index is 3.56. The molecular formula is C14H27NO3. The Morgan fingerprint density at radius 1 is 1.06 bits per heavy atom. The third kappa shape index (κ3) is 10.00. The molecule has 0 aliphatic carbocycles. The van der Waals surface area contributed by atoms with Crippen molar-refractivity contribution in [2.45, 2.75) is 64.7 Å². The molecule has 0 heterocycles. The molecule has 0 radical (unpaired) electrons. The second kappa shape index (κ2) is 10.9. The highest BCUT2D eigenvalue weighted by atomic mass is 16.5. The van der Waals surface area contributed by atoms with E-state index in [-0.39, 0.29) is 0 Å². The predicted molar refractivity (Wildman–Crippen MR) is 73.3 cm³/mol. The van der Waals surface area contributed by atoms with Crippen molar-refractivity contribution in [1.82, 2.24) is 0 Å². The van der Waals surface area contributed by atoms with Gasteiger partial charge in [0.05, 0.1) is 5.92 Å². The normalized spacial score (nSPS) is 12.1. The molecule has 1 unspecified atom stereocenters. The average Bonchev–Trinajstić information content (AvgIpc) is 2.30. The molecule has 0 rings (SSSR count). The highest BCUT2D eigenvalue weighted by Gasteiger charge is 2.13. The maximum Gasteiger partial charge on any atom is 0.270 e. The molecule has 1 atom stereocenters. The summed E-state index contributed by atoms with van der Waals surface area (Å²) in [6, 6.07) is 0. The van der Waals surface area contributed by atoms with Gasteiger partial charge in [-0.3, -0.25) is 4.79 Å². The average molecular weight is 257 g/mol. The molecule has 4 nitrogen and oxygen atoms in total. The van der Waals surface area contributed by atoms with Gasteiger partial charge in [0, 0.05) is 6.08 Å². The Hall–Kier alpha value is -1.19. The molecule has 0 aromatic heterocycles. The number of carbonyl (C=O) groups excluding carboxylic acids is 1. The fraction of sp³-hybridized carbons (Fsp3) is 0.786. The number of rotatable bonds is 11. The molecule has 106 valence electrons. The Kier molecular flexibility index (Phi) is 10.2. The molecule has 0 aromatic rings. The third-order valence-electron chi connectivity index (χ3n) is 3.08. The van der Waals surface area contributed by atoms with Crippen molar-refractivity contribution in [1.29, 1.82) is 0 Å². The van der Waals surface area contributed by atoms with E-state index in [4.69, 9.17) is 15.9 Å². The lowest BCUT2D eigenvalue weighted by atomic mass is 9.99. The number of carbonyl (C=O) groups is 1. The molecule has 0 aliphatic heterocycles. The molecular weight excluding hydrogens is 230 g/mol. The number of hydrogen-bond donors (Lipinski definition) is 3. The Morgan fingerprint density at radius 3 is 2.00 bits per heavy atom. The Morgan fingerprint density at radius 2 is 1.56 bits per heavy atom. The maximum absolute atomic E-state index is 11.0. The number of unbranched alkanes of at least 4 members (excludes halogenated alkanes) is 7. The molecule has 0 saturated heterocycles. The Labute approximate surface area is 110 Å². The van der Waals surface area contributed by atoms with Crippen molar-refractivity contribution in [2.75, 3.05) is 0 Å². The maximum atomic E-state index is 11.0. The van der Waals surface area contributed by atoms with E-state index in [1.54, 1.807) is 0 Å². The van der Waals surface area contributed by atoms with Gasteiger partial charge < -0.3 is 15.9 Å². The predicted octanol–water partition coefficient (Wildman–Crippen LogP) is 3.58. The first kappa shape index (κ1) is 16.8. The molecule has 4 N–H and O–H groups in total. The largest absolute Gasteiger partial charge is 0.481 e. The molecule has 0 aliphatic rings. The van der Waals surface area contributed by atoms with E-state index in [0.29, 0.717) is 6.42 Å². The van der Waals surface area contributed by atoms with Gasteiger partial charge in [-0.25, -0.2) is 0 Å². The first-order valence-electron chi connectivity index (χ1n) is 6.97. The van der Waals surface area contributed by atoms with Crippen molar-refractivity contribution < 1.29 is 15.0 Å². The minimum Gasteiger partial charge on any atom is -0.481 e. The van der Waals surface area contributed by atoms with Crippen LogP contribution in [0.1, 0.15) is 64.7 Å². The van der Waals surface area contributed by atoms with Crippen LogP contribution in [-0.4, -0.2) is 16.1 Å². The van der Waals surface area contributed by atoms with Crippen LogP contribution in [0.2, 0.25) is 0 Å². The van der Waals surface area contributed by atoms with Gasteiger partial charge in [0.2, 0.25) is 5.91 Å². The van der Waals surface area contributed by atoms with E-state index in [1.807, 2.05) is 0 Å². The van der Waals surface area contributed by atoms with Crippen molar-refractivity contribution in [3.63, 3.8) is 0 Å². The van der Waals surface area contributed by atoms with Gasteiger partial charge in [0.15, 0.2) is 0 Å². The molecule has 4 heteroatoms. The van der Waals surface area contributed by atoms with Crippen LogP contribution in [0.4, 0.5) is 0 Å². The van der Waals surface area contributed by atoms with Gasteiger partial charge in [-0.15, -0.1) is 0 Å². The van der Waals surface area contributed by atoms with E-state index in [2.05, 4.69) is 6.92 Å². The van der Waals surface area contributed by atoms with E-state index >= 15 is 0 Å². The van der Waals surface area contributed by atoms with Gasteiger partial charge in [0.1, 0.15) is 0 Å². The number of amides is 1. The van der Waals surface area contributed by atoms with Crippen molar-refractivity contribution in [2.24, 2.45) is 11.7 Å². The molecule has 0 saturated carbocycles. The molecule has 18 heavy (non-hydrogen) atoms. The highest BCUT2D eigenvalue weighted by Crippen LogP contribution is 2.14. The number of nitrogens with two attached hydrogens (primary N) is 1. The molecule has 0 spiro atoms. The fourth-order valence-electron chi connectivity index (χ4n) is 1.99. The summed E-state index contributed by atoms with van der Waals surface area (Å²) < 4.78 is 0. The summed E-state index contributed by atoms with van der Waals surface area (Å²) in [4.78, 5) is 11.0. The fourth-order valence-corrected chi connectivity index (χ4v) is 1.99. The van der Waals surface area contributed by atoms with Crippen molar-refractivity contribution >= 4 is 5.91 Å². The van der Waals surface area contributed by atoms with Gasteiger partial charge >= 0.3 is 0 Å². The van der Waals surface area contributed by atoms with Crippen molar-refractivity contribution in [3.05, 3.63) is 12.0 Å². The van der Waals surface area contributed by atoms with Gasteiger partial charge in [-0.1, -0.05) is 58.3 Å². The van der Waals surface area contributed by atoms with Crippen LogP contribution in [0.15, 0.2) is 12.0 Å². The topological polar surface area (TPSA) is 83.6 Å². The number of aliphatic hydroxyl groups is 2. The van der Waals surface area contributed by atoms with Crippen LogP contribution in [0.5, 0.6) is 0 Å². The summed E-state index contributed by atoms with van der Waals surface area (Å²) in [5, 5.41) is 17.4. The molecule has 1 amide bonds. The second-order valence-electron chi connectivity index (χ2n) is 4.80. The summed E-state index contributed by atoms with van der Waals surface area (Å²) in [5.41, 5.74) is 5.18. The first-order valence-corrected chi connectivity index (χ1v) is 6.97. The zero-order valence-corrected chi connectivity index (χ0v) is 11.4. The van der Waals surface area contributed by atoms with Crippen LogP contribution in [0.3, 0.4) is 0 Å². The van der Waals surface area contributed by atoms with Crippen LogP contribution >= 0.6 is 0 Å². The lowest BCUT2D eigenvalue weighted by Crippen LogP contribution is -2.22. The molecule has 0 bridgehead atoms. The number of primary amides is 1. The summed E-state index contributed by atoms with van der Waals surface area (Å²) in [5.74, 6) is -1.88. The van der Waals surface area contributed by atoms with E-state index in [9.17, 15) is 4.79 Å².